The Labute approximate surface area is 169 Å². The fourth-order valence-electron chi connectivity index (χ4n) is 1.43. The van der Waals surface area contributed by atoms with Crippen molar-refractivity contribution < 1.29 is 73.4 Å². The van der Waals surface area contributed by atoms with Crippen LogP contribution < -0.4 is 29.6 Å². The number of benzene rings is 1. The van der Waals surface area contributed by atoms with E-state index in [2.05, 4.69) is 12.6 Å². The minimum atomic E-state index is -3.19. The summed E-state index contributed by atoms with van der Waals surface area (Å²) in [5.41, 5.74) is 0. The zero-order chi connectivity index (χ0) is 17.4. The Hall–Kier alpha value is 1.12. The van der Waals surface area contributed by atoms with Crippen molar-refractivity contribution in [2.45, 2.75) is 29.4 Å². The van der Waals surface area contributed by atoms with Crippen LogP contribution in [0.15, 0.2) is 29.4 Å². The minimum Gasteiger partial charge on any atom is -0.302 e. The van der Waals surface area contributed by atoms with E-state index in [4.69, 9.17) is 9.11 Å². The van der Waals surface area contributed by atoms with Gasteiger partial charge in [0.05, 0.1) is 0 Å². The summed E-state index contributed by atoms with van der Waals surface area (Å²) in [6.07, 6.45) is 0. The van der Waals surface area contributed by atoms with Gasteiger partial charge in [-0.3, -0.25) is 0 Å². The van der Waals surface area contributed by atoms with E-state index in [1.54, 1.807) is 0 Å². The summed E-state index contributed by atoms with van der Waals surface area (Å²) in [4.78, 5) is -6.20. The van der Waals surface area contributed by atoms with E-state index in [0.29, 0.717) is 0 Å². The predicted molar refractivity (Wildman–Crippen MR) is 78.9 cm³/mol. The van der Waals surface area contributed by atoms with Gasteiger partial charge in [-0.05, 0) is 0 Å². The smallest absolute Gasteiger partial charge is 0.302 e. The first-order valence-corrected chi connectivity index (χ1v) is 10.5. The van der Waals surface area contributed by atoms with Crippen molar-refractivity contribution in [3.8, 4) is 0 Å². The monoisotopic (exact) mass is 453 g/mol. The molecule has 0 spiro atoms. The Morgan fingerprint density at radius 1 is 0.522 bits per heavy atom. The van der Waals surface area contributed by atoms with E-state index in [-0.39, 0.29) is 29.6 Å². The molecule has 1 aromatic carbocycles. The second-order valence-electron chi connectivity index (χ2n) is 3.24. The topological polar surface area (TPSA) is 186 Å². The van der Waals surface area contributed by atoms with E-state index in [1.165, 1.54) is 0 Å². The maximum absolute atomic E-state index is 11.3. The maximum Gasteiger partial charge on any atom is 1.00 e. The van der Waals surface area contributed by atoms with Crippen molar-refractivity contribution in [3.05, 3.63) is 0 Å². The molecular formula is C6H6NaO10S6+. The molecule has 0 aliphatic heterocycles. The maximum atomic E-state index is 11.3. The average Bonchev–Trinajstić information content (AvgIpc) is 2.34. The van der Waals surface area contributed by atoms with Gasteiger partial charge < -0.3 is 22.8 Å². The molecule has 0 saturated carbocycles. The van der Waals surface area contributed by atoms with Crippen LogP contribution in [-0.2, 0) is 55.4 Å². The molecule has 5 unspecified atom stereocenters. The molecule has 0 heterocycles. The van der Waals surface area contributed by atoms with Gasteiger partial charge in [-0.15, -0.1) is 12.6 Å². The van der Waals surface area contributed by atoms with Gasteiger partial charge in [-0.1, -0.05) is 0 Å². The summed E-state index contributed by atoms with van der Waals surface area (Å²) in [6, 6.07) is 0. The Morgan fingerprint density at radius 2 is 0.696 bits per heavy atom. The van der Waals surface area contributed by atoms with Crippen LogP contribution in [0.3, 0.4) is 0 Å². The zero-order valence-corrected chi connectivity index (χ0v) is 17.7. The van der Waals surface area contributed by atoms with Crippen LogP contribution in [-0.4, -0.2) is 43.8 Å². The van der Waals surface area contributed by atoms with Gasteiger partial charge in [0.15, 0.2) is 55.4 Å². The molecule has 17 heteroatoms. The molecule has 0 radical (unpaired) electrons. The Kier molecular flexibility index (Phi) is 10.2. The molecule has 0 fully saturated rings. The molecule has 0 bridgehead atoms. The van der Waals surface area contributed by atoms with Gasteiger partial charge in [0.2, 0.25) is 0 Å². The van der Waals surface area contributed by atoms with Crippen molar-refractivity contribution in [3.63, 3.8) is 0 Å². The van der Waals surface area contributed by atoms with Crippen molar-refractivity contribution in [2.24, 2.45) is 0 Å². The summed E-state index contributed by atoms with van der Waals surface area (Å²) in [7, 11) is 0. The summed E-state index contributed by atoms with van der Waals surface area (Å²) in [6.45, 7) is 0. The number of rotatable bonds is 5. The van der Waals surface area contributed by atoms with Crippen LogP contribution in [0, 0.1) is 0 Å². The minimum absolute atomic E-state index is 0. The third-order valence-corrected chi connectivity index (χ3v) is 7.18. The van der Waals surface area contributed by atoms with Gasteiger partial charge in [0, 0.05) is 4.90 Å². The molecule has 0 aromatic heterocycles. The van der Waals surface area contributed by atoms with Gasteiger partial charge in [0.25, 0.3) is 0 Å². The van der Waals surface area contributed by atoms with Crippen LogP contribution in [0.4, 0.5) is 0 Å². The number of thiol groups is 1. The Morgan fingerprint density at radius 3 is 0.870 bits per heavy atom. The zero-order valence-electron chi connectivity index (χ0n) is 10.8. The van der Waals surface area contributed by atoms with Gasteiger partial charge in [0.1, 0.15) is 24.5 Å². The molecular weight excluding hydrogens is 447 g/mol. The first kappa shape index (κ1) is 24.1. The molecule has 0 aliphatic rings. The Balaban J connectivity index is 0.00000484. The molecule has 1 aromatic rings. The molecule has 0 aliphatic carbocycles. The molecule has 0 amide bonds. The SMILES string of the molecule is O=S(O)c1c(S)c(S(=O)O)c(S(=O)O)c(S(=O)O)c1S(=O)O.[Na+]. The van der Waals surface area contributed by atoms with Crippen molar-refractivity contribution in [1.82, 2.24) is 0 Å². The molecule has 126 valence electrons. The third kappa shape index (κ3) is 5.07. The molecule has 5 atom stereocenters. The largest absolute Gasteiger partial charge is 1.00 e. The van der Waals surface area contributed by atoms with Crippen LogP contribution in [0.25, 0.3) is 0 Å². The summed E-state index contributed by atoms with van der Waals surface area (Å²) in [5, 5.41) is 0. The standard InChI is InChI=1S/C6H6O10S6.Na/c7-18(8)2-1(17)3(19(9)10)5(21(13)14)6(22(15)16)4(2)20(11)12;/h17H,(H,7,8)(H,9,10)(H,11,12)(H,13,14)(H,15,16);/q;+1. The van der Waals surface area contributed by atoms with E-state index in [0.717, 1.165) is 0 Å². The van der Waals surface area contributed by atoms with Gasteiger partial charge in [-0.25, -0.2) is 21.0 Å². The normalized spacial score (nSPS) is 17.7. The molecule has 10 nitrogen and oxygen atoms in total. The van der Waals surface area contributed by atoms with Gasteiger partial charge in [-0.2, -0.15) is 0 Å². The molecule has 23 heavy (non-hydrogen) atoms. The number of hydrogen-bond donors (Lipinski definition) is 6. The van der Waals surface area contributed by atoms with Crippen molar-refractivity contribution >= 4 is 68.0 Å². The van der Waals surface area contributed by atoms with Crippen LogP contribution in [0.1, 0.15) is 0 Å². The van der Waals surface area contributed by atoms with Gasteiger partial charge >= 0.3 is 29.6 Å². The van der Waals surface area contributed by atoms with E-state index in [1.807, 2.05) is 0 Å². The second-order valence-corrected chi connectivity index (χ2v) is 8.22. The van der Waals surface area contributed by atoms with E-state index < -0.39 is 84.8 Å². The number of hydrogen-bond acceptors (Lipinski definition) is 6. The van der Waals surface area contributed by atoms with Crippen LogP contribution in [0.5, 0.6) is 0 Å². The summed E-state index contributed by atoms with van der Waals surface area (Å²) < 4.78 is 102. The fraction of sp³-hybridized carbons (Fsp3) is 0. The third-order valence-electron chi connectivity index (χ3n) is 2.13. The van der Waals surface area contributed by atoms with Crippen molar-refractivity contribution in [2.75, 3.05) is 0 Å². The first-order chi connectivity index (χ1) is 10.0. The molecule has 1 rings (SSSR count). The second kappa shape index (κ2) is 9.72. The van der Waals surface area contributed by atoms with E-state index in [9.17, 15) is 34.7 Å². The summed E-state index contributed by atoms with van der Waals surface area (Å²) in [5.74, 6) is 0. The molecule has 5 N–H and O–H groups in total. The van der Waals surface area contributed by atoms with Crippen LogP contribution in [0.2, 0.25) is 0 Å². The van der Waals surface area contributed by atoms with E-state index >= 15 is 0 Å². The van der Waals surface area contributed by atoms with Crippen LogP contribution >= 0.6 is 12.6 Å². The van der Waals surface area contributed by atoms with Crippen molar-refractivity contribution in [1.29, 1.82) is 0 Å². The quantitative estimate of drug-likeness (QED) is 0.151. The first-order valence-electron chi connectivity index (χ1n) is 4.49. The summed E-state index contributed by atoms with van der Waals surface area (Å²) >= 11 is -11.9. The average molecular weight is 453 g/mol. The Bertz CT molecular complexity index is 708. The fourth-order valence-corrected chi connectivity index (χ4v) is 6.86. The molecule has 0 saturated heterocycles. The predicted octanol–water partition coefficient (Wildman–Crippen LogP) is -3.12.